The van der Waals surface area contributed by atoms with Gasteiger partial charge in [0.25, 0.3) is 0 Å². The van der Waals surface area contributed by atoms with Crippen molar-refractivity contribution < 1.29 is 9.53 Å². The fraction of sp³-hybridized carbons (Fsp3) is 0.533. The number of rotatable bonds is 5. The van der Waals surface area contributed by atoms with E-state index in [9.17, 15) is 4.79 Å². The zero-order chi connectivity index (χ0) is 13.3. The van der Waals surface area contributed by atoms with Crippen LogP contribution in [0.15, 0.2) is 24.3 Å². The molecule has 1 aromatic carbocycles. The molecule has 1 heterocycles. The van der Waals surface area contributed by atoms with Crippen molar-refractivity contribution in [2.75, 3.05) is 26.2 Å². The third kappa shape index (κ3) is 2.65. The van der Waals surface area contributed by atoms with Crippen molar-refractivity contribution in [1.82, 2.24) is 10.6 Å². The first-order chi connectivity index (χ1) is 9.16. The molecule has 0 bridgehead atoms. The van der Waals surface area contributed by atoms with Crippen LogP contribution in [0.5, 0.6) is 0 Å². The standard InChI is InChI=1S/C15H20N2O2/c1-15(9-16-10-15)19-8-14(18)17-7-12-6-11-4-2-3-5-13(11)12/h2-5,12,16H,6-10H2,1H3,(H,17,18). The maximum Gasteiger partial charge on any atom is 0.246 e. The Morgan fingerprint density at radius 1 is 1.47 bits per heavy atom. The third-order valence-corrected chi connectivity index (χ3v) is 4.06. The van der Waals surface area contributed by atoms with E-state index < -0.39 is 0 Å². The summed E-state index contributed by atoms with van der Waals surface area (Å²) in [6, 6.07) is 8.42. The van der Waals surface area contributed by atoms with E-state index in [4.69, 9.17) is 4.74 Å². The lowest BCUT2D eigenvalue weighted by molar-refractivity contribution is -0.135. The van der Waals surface area contributed by atoms with E-state index in [0.29, 0.717) is 12.5 Å². The Hall–Kier alpha value is -1.39. The molecule has 1 aliphatic carbocycles. The third-order valence-electron chi connectivity index (χ3n) is 4.06. The summed E-state index contributed by atoms with van der Waals surface area (Å²) in [6.07, 6.45) is 1.07. The van der Waals surface area contributed by atoms with E-state index in [1.165, 1.54) is 11.1 Å². The van der Waals surface area contributed by atoms with Crippen molar-refractivity contribution in [3.8, 4) is 0 Å². The fourth-order valence-electron chi connectivity index (χ4n) is 2.65. The lowest BCUT2D eigenvalue weighted by atomic mass is 9.77. The molecule has 1 saturated heterocycles. The Labute approximate surface area is 113 Å². The number of nitrogens with one attached hydrogen (secondary N) is 2. The molecule has 2 N–H and O–H groups in total. The Bertz CT molecular complexity index is 483. The first-order valence-electron chi connectivity index (χ1n) is 6.85. The minimum Gasteiger partial charge on any atom is -0.363 e. The van der Waals surface area contributed by atoms with Crippen molar-refractivity contribution in [2.45, 2.75) is 24.9 Å². The predicted molar refractivity (Wildman–Crippen MR) is 73.1 cm³/mol. The van der Waals surface area contributed by atoms with Crippen molar-refractivity contribution in [3.05, 3.63) is 35.4 Å². The summed E-state index contributed by atoms with van der Waals surface area (Å²) in [5, 5.41) is 6.11. The van der Waals surface area contributed by atoms with Crippen LogP contribution in [0.25, 0.3) is 0 Å². The van der Waals surface area contributed by atoms with E-state index in [2.05, 4.69) is 34.9 Å². The number of ether oxygens (including phenoxy) is 1. The minimum absolute atomic E-state index is 0.0162. The van der Waals surface area contributed by atoms with Gasteiger partial charge >= 0.3 is 0 Å². The molecule has 1 unspecified atom stereocenters. The zero-order valence-corrected chi connectivity index (χ0v) is 11.2. The number of fused-ring (bicyclic) bond motifs is 1. The van der Waals surface area contributed by atoms with E-state index in [0.717, 1.165) is 19.5 Å². The maximum atomic E-state index is 11.7. The average molecular weight is 260 g/mol. The number of hydrogen-bond acceptors (Lipinski definition) is 3. The second kappa shape index (κ2) is 4.94. The summed E-state index contributed by atoms with van der Waals surface area (Å²) in [5.74, 6) is 0.457. The Kier molecular flexibility index (Phi) is 3.29. The van der Waals surface area contributed by atoms with Crippen LogP contribution < -0.4 is 10.6 Å². The number of benzene rings is 1. The first-order valence-corrected chi connectivity index (χ1v) is 6.85. The molecule has 4 nitrogen and oxygen atoms in total. The highest BCUT2D eigenvalue weighted by Crippen LogP contribution is 2.33. The molecule has 1 atom stereocenters. The molecular weight excluding hydrogens is 240 g/mol. The summed E-state index contributed by atoms with van der Waals surface area (Å²) in [4.78, 5) is 11.7. The van der Waals surface area contributed by atoms with Crippen LogP contribution in [0.2, 0.25) is 0 Å². The maximum absolute atomic E-state index is 11.7. The van der Waals surface area contributed by atoms with Crippen LogP contribution in [-0.4, -0.2) is 37.7 Å². The van der Waals surface area contributed by atoms with Gasteiger partial charge in [0.1, 0.15) is 6.61 Å². The molecule has 102 valence electrons. The second-order valence-corrected chi connectivity index (χ2v) is 5.75. The zero-order valence-electron chi connectivity index (χ0n) is 11.2. The number of amides is 1. The summed E-state index contributed by atoms with van der Waals surface area (Å²) < 4.78 is 5.61. The van der Waals surface area contributed by atoms with Gasteiger partial charge in [0.15, 0.2) is 0 Å². The van der Waals surface area contributed by atoms with E-state index in [1.54, 1.807) is 0 Å². The molecule has 19 heavy (non-hydrogen) atoms. The summed E-state index contributed by atoms with van der Waals surface area (Å²) >= 11 is 0. The van der Waals surface area contributed by atoms with Gasteiger partial charge < -0.3 is 15.4 Å². The van der Waals surface area contributed by atoms with Gasteiger partial charge in [0, 0.05) is 25.6 Å². The second-order valence-electron chi connectivity index (χ2n) is 5.75. The first kappa shape index (κ1) is 12.6. The molecule has 1 aliphatic heterocycles. The SMILES string of the molecule is CC1(OCC(=O)NCC2Cc3ccccc32)CNC1. The van der Waals surface area contributed by atoms with Crippen LogP contribution in [0.4, 0.5) is 0 Å². The van der Waals surface area contributed by atoms with Gasteiger partial charge in [0.2, 0.25) is 5.91 Å². The van der Waals surface area contributed by atoms with Gasteiger partial charge in [-0.2, -0.15) is 0 Å². The van der Waals surface area contributed by atoms with E-state index >= 15 is 0 Å². The number of hydrogen-bond donors (Lipinski definition) is 2. The molecule has 2 aliphatic rings. The van der Waals surface area contributed by atoms with E-state index in [1.807, 2.05) is 6.92 Å². The highest BCUT2D eigenvalue weighted by atomic mass is 16.5. The molecule has 1 amide bonds. The lowest BCUT2D eigenvalue weighted by Crippen LogP contribution is -2.59. The summed E-state index contributed by atoms with van der Waals surface area (Å²) in [7, 11) is 0. The molecule has 1 aromatic rings. The van der Waals surface area contributed by atoms with Gasteiger partial charge in [-0.15, -0.1) is 0 Å². The summed E-state index contributed by atoms with van der Waals surface area (Å²) in [5.41, 5.74) is 2.63. The molecule has 0 radical (unpaired) electrons. The lowest BCUT2D eigenvalue weighted by Gasteiger charge is -2.38. The molecular formula is C15H20N2O2. The summed E-state index contributed by atoms with van der Waals surface area (Å²) in [6.45, 7) is 4.56. The topological polar surface area (TPSA) is 50.4 Å². The Morgan fingerprint density at radius 2 is 2.26 bits per heavy atom. The highest BCUT2D eigenvalue weighted by Gasteiger charge is 2.33. The number of carbonyl (C=O) groups excluding carboxylic acids is 1. The fourth-order valence-corrected chi connectivity index (χ4v) is 2.65. The van der Waals surface area contributed by atoms with Crippen molar-refractivity contribution in [2.24, 2.45) is 0 Å². The van der Waals surface area contributed by atoms with Crippen molar-refractivity contribution in [1.29, 1.82) is 0 Å². The minimum atomic E-state index is -0.152. The van der Waals surface area contributed by atoms with Gasteiger partial charge in [0.05, 0.1) is 5.60 Å². The van der Waals surface area contributed by atoms with Crippen LogP contribution >= 0.6 is 0 Å². The molecule has 0 aromatic heterocycles. The molecule has 0 saturated carbocycles. The average Bonchev–Trinajstić information content (AvgIpc) is 2.35. The van der Waals surface area contributed by atoms with Crippen molar-refractivity contribution in [3.63, 3.8) is 0 Å². The van der Waals surface area contributed by atoms with E-state index in [-0.39, 0.29) is 18.1 Å². The van der Waals surface area contributed by atoms with Crippen molar-refractivity contribution >= 4 is 5.91 Å². The quantitative estimate of drug-likeness (QED) is 0.824. The smallest absolute Gasteiger partial charge is 0.246 e. The normalized spacial score (nSPS) is 22.9. The Morgan fingerprint density at radius 3 is 2.95 bits per heavy atom. The predicted octanol–water partition coefficient (Wildman–Crippen LogP) is 0.821. The molecule has 4 heteroatoms. The van der Waals surface area contributed by atoms with Crippen LogP contribution in [0.3, 0.4) is 0 Å². The van der Waals surface area contributed by atoms with Gasteiger partial charge in [-0.3, -0.25) is 4.79 Å². The van der Waals surface area contributed by atoms with Gasteiger partial charge in [-0.05, 0) is 24.5 Å². The Balaban J connectivity index is 1.40. The van der Waals surface area contributed by atoms with Crippen LogP contribution in [0.1, 0.15) is 24.0 Å². The van der Waals surface area contributed by atoms with Crippen LogP contribution in [0, 0.1) is 0 Å². The number of carbonyl (C=O) groups is 1. The van der Waals surface area contributed by atoms with Crippen LogP contribution in [-0.2, 0) is 16.0 Å². The van der Waals surface area contributed by atoms with Gasteiger partial charge in [-0.1, -0.05) is 24.3 Å². The monoisotopic (exact) mass is 260 g/mol. The highest BCUT2D eigenvalue weighted by molar-refractivity contribution is 5.77. The van der Waals surface area contributed by atoms with Gasteiger partial charge in [-0.25, -0.2) is 0 Å². The largest absolute Gasteiger partial charge is 0.363 e. The molecule has 1 fully saturated rings. The molecule has 0 spiro atoms. The molecule has 3 rings (SSSR count).